The van der Waals surface area contributed by atoms with Crippen molar-refractivity contribution in [2.75, 3.05) is 6.61 Å². The second-order valence-corrected chi connectivity index (χ2v) is 9.19. The van der Waals surface area contributed by atoms with E-state index in [9.17, 15) is 9.59 Å². The highest BCUT2D eigenvalue weighted by Crippen LogP contribution is 2.14. The molecule has 4 nitrogen and oxygen atoms in total. The molecule has 0 aliphatic rings. The fourth-order valence-electron chi connectivity index (χ4n) is 3.98. The number of carboxylic acids is 1. The van der Waals surface area contributed by atoms with Crippen LogP contribution in [0.3, 0.4) is 0 Å². The van der Waals surface area contributed by atoms with Crippen LogP contribution in [0.1, 0.15) is 155 Å². The van der Waals surface area contributed by atoms with Gasteiger partial charge in [0.2, 0.25) is 0 Å². The zero-order valence-electron chi connectivity index (χ0n) is 20.6. The number of carbonyl (C=O) groups excluding carboxylic acids is 1. The molecule has 0 rings (SSSR count). The molecule has 0 radical (unpaired) electrons. The molecule has 31 heavy (non-hydrogen) atoms. The minimum Gasteiger partial charge on any atom is -0.481 e. The van der Waals surface area contributed by atoms with Crippen LogP contribution in [-0.2, 0) is 14.3 Å². The Hall–Kier alpha value is -1.06. The number of aliphatic carboxylic acids is 1. The van der Waals surface area contributed by atoms with Gasteiger partial charge in [-0.15, -0.1) is 0 Å². The molecule has 0 aromatic heterocycles. The number of hydrogen-bond donors (Lipinski definition) is 1. The Morgan fingerprint density at radius 3 is 1.29 bits per heavy atom. The van der Waals surface area contributed by atoms with Crippen LogP contribution in [0.2, 0.25) is 0 Å². The van der Waals surface area contributed by atoms with E-state index in [1.165, 1.54) is 103 Å². The lowest BCUT2D eigenvalue weighted by Gasteiger charge is -2.05. The van der Waals surface area contributed by atoms with Gasteiger partial charge in [0.15, 0.2) is 0 Å². The van der Waals surface area contributed by atoms with Crippen LogP contribution >= 0.6 is 0 Å². The molecule has 0 heterocycles. The fraction of sp³-hybridized carbons (Fsp3) is 0.926. The fourth-order valence-corrected chi connectivity index (χ4v) is 3.98. The van der Waals surface area contributed by atoms with Crippen molar-refractivity contribution < 1.29 is 19.4 Å². The van der Waals surface area contributed by atoms with E-state index in [2.05, 4.69) is 6.92 Å². The van der Waals surface area contributed by atoms with E-state index in [1.807, 2.05) is 0 Å². The maximum Gasteiger partial charge on any atom is 0.305 e. The average molecular weight is 441 g/mol. The number of esters is 1. The van der Waals surface area contributed by atoms with Crippen molar-refractivity contribution in [1.82, 2.24) is 0 Å². The Balaban J connectivity index is 3.12. The third-order valence-corrected chi connectivity index (χ3v) is 6.03. The molecular weight excluding hydrogens is 388 g/mol. The summed E-state index contributed by atoms with van der Waals surface area (Å²) < 4.78 is 5.34. The van der Waals surface area contributed by atoms with Crippen molar-refractivity contribution in [2.45, 2.75) is 155 Å². The summed E-state index contributed by atoms with van der Waals surface area (Å²) in [4.78, 5) is 22.1. The molecule has 4 heteroatoms. The lowest BCUT2D eigenvalue weighted by Crippen LogP contribution is -2.05. The van der Waals surface area contributed by atoms with E-state index >= 15 is 0 Å². The summed E-state index contributed by atoms with van der Waals surface area (Å²) in [5.74, 6) is -0.673. The molecule has 0 aliphatic carbocycles. The first-order valence-electron chi connectivity index (χ1n) is 13.5. The Kier molecular flexibility index (Phi) is 24.3. The van der Waals surface area contributed by atoms with Gasteiger partial charge in [-0.2, -0.15) is 0 Å². The summed E-state index contributed by atoms with van der Waals surface area (Å²) in [6.45, 7) is 2.83. The SMILES string of the molecule is CCCCCCCCC(=O)OCCCCCCCCCCCCCCCCCC(=O)O. The molecule has 0 aromatic carbocycles. The van der Waals surface area contributed by atoms with Crippen molar-refractivity contribution >= 4 is 11.9 Å². The van der Waals surface area contributed by atoms with Gasteiger partial charge in [0, 0.05) is 12.8 Å². The van der Waals surface area contributed by atoms with Crippen molar-refractivity contribution in [2.24, 2.45) is 0 Å². The van der Waals surface area contributed by atoms with Gasteiger partial charge in [-0.1, -0.05) is 122 Å². The van der Waals surface area contributed by atoms with Crippen molar-refractivity contribution in [3.63, 3.8) is 0 Å². The molecular formula is C27H52O4. The highest BCUT2D eigenvalue weighted by Gasteiger charge is 2.02. The summed E-state index contributed by atoms with van der Waals surface area (Å²) in [5.41, 5.74) is 0. The number of unbranched alkanes of at least 4 members (excludes halogenated alkanes) is 19. The maximum absolute atomic E-state index is 11.7. The molecule has 1 N–H and O–H groups in total. The second-order valence-electron chi connectivity index (χ2n) is 9.19. The molecule has 0 saturated heterocycles. The average Bonchev–Trinajstić information content (AvgIpc) is 2.75. The van der Waals surface area contributed by atoms with Crippen LogP contribution in [-0.4, -0.2) is 23.7 Å². The first kappa shape index (κ1) is 29.9. The van der Waals surface area contributed by atoms with E-state index in [0.717, 1.165) is 32.1 Å². The van der Waals surface area contributed by atoms with Crippen LogP contribution in [0.5, 0.6) is 0 Å². The lowest BCUT2D eigenvalue weighted by molar-refractivity contribution is -0.144. The highest BCUT2D eigenvalue weighted by molar-refractivity contribution is 5.69. The minimum absolute atomic E-state index is 0.00585. The third-order valence-electron chi connectivity index (χ3n) is 6.03. The summed E-state index contributed by atoms with van der Waals surface area (Å²) in [5, 5.41) is 8.59. The zero-order chi connectivity index (χ0) is 22.8. The van der Waals surface area contributed by atoms with Gasteiger partial charge in [-0.3, -0.25) is 9.59 Å². The molecule has 0 amide bonds. The van der Waals surface area contributed by atoms with Crippen LogP contribution in [0.25, 0.3) is 0 Å². The normalized spacial score (nSPS) is 11.0. The Bertz CT molecular complexity index is 395. The summed E-state index contributed by atoms with van der Waals surface area (Å²) in [7, 11) is 0. The maximum atomic E-state index is 11.7. The van der Waals surface area contributed by atoms with Gasteiger partial charge in [0.25, 0.3) is 0 Å². The summed E-state index contributed by atoms with van der Waals surface area (Å²) in [6.07, 6.45) is 26.7. The van der Waals surface area contributed by atoms with Gasteiger partial charge >= 0.3 is 11.9 Å². The molecule has 0 aromatic rings. The van der Waals surface area contributed by atoms with Crippen molar-refractivity contribution in [1.29, 1.82) is 0 Å². The van der Waals surface area contributed by atoms with Crippen LogP contribution in [0.4, 0.5) is 0 Å². The molecule has 0 spiro atoms. The lowest BCUT2D eigenvalue weighted by atomic mass is 10.0. The summed E-state index contributed by atoms with van der Waals surface area (Å²) in [6, 6.07) is 0. The Morgan fingerprint density at radius 2 is 0.871 bits per heavy atom. The monoisotopic (exact) mass is 440 g/mol. The number of ether oxygens (including phenoxy) is 1. The van der Waals surface area contributed by atoms with Crippen LogP contribution in [0, 0.1) is 0 Å². The first-order valence-corrected chi connectivity index (χ1v) is 13.5. The van der Waals surface area contributed by atoms with E-state index in [1.54, 1.807) is 0 Å². The van der Waals surface area contributed by atoms with Gasteiger partial charge in [0.05, 0.1) is 6.61 Å². The van der Waals surface area contributed by atoms with Crippen molar-refractivity contribution in [3.8, 4) is 0 Å². The van der Waals surface area contributed by atoms with E-state index in [0.29, 0.717) is 19.4 Å². The number of carbonyl (C=O) groups is 2. The molecule has 0 aliphatic heterocycles. The molecule has 0 bridgehead atoms. The minimum atomic E-state index is -0.667. The smallest absolute Gasteiger partial charge is 0.305 e. The van der Waals surface area contributed by atoms with Gasteiger partial charge in [-0.25, -0.2) is 0 Å². The Morgan fingerprint density at radius 1 is 0.516 bits per heavy atom. The highest BCUT2D eigenvalue weighted by atomic mass is 16.5. The quantitative estimate of drug-likeness (QED) is 0.114. The van der Waals surface area contributed by atoms with Gasteiger partial charge in [0.1, 0.15) is 0 Å². The van der Waals surface area contributed by atoms with Crippen LogP contribution < -0.4 is 0 Å². The topological polar surface area (TPSA) is 63.6 Å². The van der Waals surface area contributed by atoms with E-state index in [4.69, 9.17) is 9.84 Å². The first-order chi connectivity index (χ1) is 15.2. The zero-order valence-corrected chi connectivity index (χ0v) is 20.6. The molecule has 0 fully saturated rings. The largest absolute Gasteiger partial charge is 0.481 e. The molecule has 184 valence electrons. The Labute approximate surface area is 192 Å². The standard InChI is InChI=1S/C27H52O4/c1-2-3-4-5-18-21-24-27(30)31-25-22-19-16-14-12-10-8-6-7-9-11-13-15-17-20-23-26(28)29/h2-25H2,1H3,(H,28,29). The van der Waals surface area contributed by atoms with Gasteiger partial charge in [-0.05, 0) is 19.3 Å². The predicted molar refractivity (Wildman–Crippen MR) is 130 cm³/mol. The number of hydrogen-bond acceptors (Lipinski definition) is 3. The molecule has 0 atom stereocenters. The molecule has 0 saturated carbocycles. The van der Waals surface area contributed by atoms with Crippen molar-refractivity contribution in [3.05, 3.63) is 0 Å². The molecule has 0 unspecified atom stereocenters. The third kappa shape index (κ3) is 26.9. The number of rotatable bonds is 25. The predicted octanol–water partition coefficient (Wildman–Crippen LogP) is 8.61. The van der Waals surface area contributed by atoms with Gasteiger partial charge < -0.3 is 9.84 Å². The van der Waals surface area contributed by atoms with E-state index < -0.39 is 5.97 Å². The van der Waals surface area contributed by atoms with Crippen LogP contribution in [0.15, 0.2) is 0 Å². The number of carboxylic acid groups (broad SMARTS) is 1. The summed E-state index contributed by atoms with van der Waals surface area (Å²) >= 11 is 0. The second kappa shape index (κ2) is 25.2. The van der Waals surface area contributed by atoms with E-state index in [-0.39, 0.29) is 5.97 Å².